The van der Waals surface area contributed by atoms with E-state index < -0.39 is 62.4 Å². The van der Waals surface area contributed by atoms with E-state index >= 15 is 0 Å². The maximum atomic E-state index is 13.4. The van der Waals surface area contributed by atoms with Crippen LogP contribution in [0.4, 0.5) is 26.3 Å². The maximum absolute atomic E-state index is 13.4. The summed E-state index contributed by atoms with van der Waals surface area (Å²) in [5.74, 6) is -2.26. The SMILES string of the molecule is CCNC(=O)c1nc(C(=O)N(CC)CC(C)(C)C(N)=O)sc1-c1ccc(C(O)(C(F)(F)F)C(F)(F)F)c(Cl)c1Cl. The van der Waals surface area contributed by atoms with Crippen LogP contribution in [-0.2, 0) is 10.4 Å². The standard InChI is InChI=1S/C23H24Cl2F6N4O4S/c1-5-33-16(36)14-15(40-17(34-14)18(37)35(6-2)9-20(3,4)19(32)38)10-7-8-11(13(25)12(10)24)21(39,22(26,27)28)23(29,30)31/h7-8,39H,5-6,9H2,1-4H3,(H2,32,38)(H,33,36). The van der Waals surface area contributed by atoms with E-state index in [1.165, 1.54) is 18.7 Å². The molecule has 0 saturated heterocycles. The zero-order valence-corrected chi connectivity index (χ0v) is 23.7. The van der Waals surface area contributed by atoms with E-state index in [9.17, 15) is 45.8 Å². The van der Waals surface area contributed by atoms with Crippen molar-refractivity contribution >= 4 is 52.3 Å². The van der Waals surface area contributed by atoms with Gasteiger partial charge < -0.3 is 21.1 Å². The highest BCUT2D eigenvalue weighted by molar-refractivity contribution is 7.17. The van der Waals surface area contributed by atoms with Crippen molar-refractivity contribution in [2.24, 2.45) is 11.1 Å². The smallest absolute Gasteiger partial charge is 0.369 e. The summed E-state index contributed by atoms with van der Waals surface area (Å²) in [6.07, 6.45) is -12.4. The average molecular weight is 637 g/mol. The van der Waals surface area contributed by atoms with E-state index in [0.717, 1.165) is 0 Å². The minimum atomic E-state index is -6.22. The van der Waals surface area contributed by atoms with Gasteiger partial charge in [0.15, 0.2) is 5.01 Å². The zero-order chi connectivity index (χ0) is 31.0. The molecular weight excluding hydrogens is 613 g/mol. The van der Waals surface area contributed by atoms with Crippen molar-refractivity contribution in [3.05, 3.63) is 38.4 Å². The Morgan fingerprint density at radius 3 is 2.05 bits per heavy atom. The van der Waals surface area contributed by atoms with Gasteiger partial charge in [0.2, 0.25) is 5.91 Å². The Bertz CT molecular complexity index is 1300. The molecule has 0 atom stereocenters. The van der Waals surface area contributed by atoms with Gasteiger partial charge in [-0.25, -0.2) is 4.98 Å². The molecule has 0 saturated carbocycles. The quantitative estimate of drug-likeness (QED) is 0.328. The van der Waals surface area contributed by atoms with Gasteiger partial charge in [-0.2, -0.15) is 26.3 Å². The number of hydrogen-bond donors (Lipinski definition) is 3. The normalized spacial score (nSPS) is 12.8. The third kappa shape index (κ3) is 6.16. The van der Waals surface area contributed by atoms with Crippen LogP contribution >= 0.6 is 34.5 Å². The fourth-order valence-electron chi connectivity index (χ4n) is 3.48. The molecule has 0 spiro atoms. The number of aliphatic hydroxyl groups is 1. The first-order chi connectivity index (χ1) is 18.2. The largest absolute Gasteiger partial charge is 0.430 e. The number of nitrogens with zero attached hydrogens (tertiary/aromatic N) is 2. The Kier molecular flexibility index (Phi) is 9.83. The number of nitrogens with two attached hydrogens (primary N) is 1. The molecule has 1 heterocycles. The monoisotopic (exact) mass is 636 g/mol. The van der Waals surface area contributed by atoms with Gasteiger partial charge in [-0.3, -0.25) is 14.4 Å². The summed E-state index contributed by atoms with van der Waals surface area (Å²) in [7, 11) is 0. The predicted octanol–water partition coefficient (Wildman–Crippen LogP) is 5.15. The first-order valence-electron chi connectivity index (χ1n) is 11.4. The van der Waals surface area contributed by atoms with Crippen molar-refractivity contribution in [2.45, 2.75) is 45.6 Å². The third-order valence-corrected chi connectivity index (χ3v) is 7.78. The Morgan fingerprint density at radius 2 is 1.60 bits per heavy atom. The van der Waals surface area contributed by atoms with Crippen molar-refractivity contribution in [2.75, 3.05) is 19.6 Å². The van der Waals surface area contributed by atoms with E-state index in [-0.39, 0.29) is 41.1 Å². The Hall–Kier alpha value is -2.62. The van der Waals surface area contributed by atoms with Crippen molar-refractivity contribution in [1.29, 1.82) is 0 Å². The fraction of sp³-hybridized carbons (Fsp3) is 0.478. The summed E-state index contributed by atoms with van der Waals surface area (Å²) >= 11 is 12.5. The lowest BCUT2D eigenvalue weighted by molar-refractivity contribution is -0.376. The van der Waals surface area contributed by atoms with Crippen molar-refractivity contribution in [3.8, 4) is 10.4 Å². The number of amides is 3. The molecule has 4 N–H and O–H groups in total. The summed E-state index contributed by atoms with van der Waals surface area (Å²) in [5, 5.41) is 9.78. The number of primary amides is 1. The van der Waals surface area contributed by atoms with Crippen LogP contribution in [-0.4, -0.2) is 64.7 Å². The molecule has 0 aliphatic rings. The van der Waals surface area contributed by atoms with Crippen LogP contribution in [0.15, 0.2) is 12.1 Å². The highest BCUT2D eigenvalue weighted by Crippen LogP contribution is 2.54. The molecule has 3 amide bonds. The number of rotatable bonds is 9. The lowest BCUT2D eigenvalue weighted by Gasteiger charge is -2.33. The van der Waals surface area contributed by atoms with E-state index in [1.54, 1.807) is 13.8 Å². The molecule has 2 aromatic rings. The van der Waals surface area contributed by atoms with Crippen LogP contribution in [0.5, 0.6) is 0 Å². The Morgan fingerprint density at radius 1 is 1.05 bits per heavy atom. The number of benzene rings is 1. The van der Waals surface area contributed by atoms with Gasteiger partial charge in [0.1, 0.15) is 5.69 Å². The van der Waals surface area contributed by atoms with Gasteiger partial charge in [0.05, 0.1) is 20.3 Å². The molecule has 8 nitrogen and oxygen atoms in total. The number of nitrogens with one attached hydrogen (secondary N) is 1. The van der Waals surface area contributed by atoms with Gasteiger partial charge in [0, 0.05) is 30.8 Å². The predicted molar refractivity (Wildman–Crippen MR) is 136 cm³/mol. The summed E-state index contributed by atoms with van der Waals surface area (Å²) in [5.41, 5.74) is -3.62. The van der Waals surface area contributed by atoms with Gasteiger partial charge in [-0.05, 0) is 27.7 Å². The molecule has 2 rings (SSSR count). The molecule has 1 aromatic heterocycles. The second kappa shape index (κ2) is 11.7. The first kappa shape index (κ1) is 33.6. The summed E-state index contributed by atoms with van der Waals surface area (Å²) in [6.45, 7) is 6.24. The molecule has 0 aliphatic carbocycles. The van der Waals surface area contributed by atoms with E-state index in [1.807, 2.05) is 0 Å². The minimum absolute atomic E-state index is 0.0930. The molecule has 17 heteroatoms. The zero-order valence-electron chi connectivity index (χ0n) is 21.4. The first-order valence-corrected chi connectivity index (χ1v) is 13.0. The molecule has 0 radical (unpaired) electrons. The number of aromatic nitrogens is 1. The summed E-state index contributed by atoms with van der Waals surface area (Å²) < 4.78 is 80.6. The van der Waals surface area contributed by atoms with Crippen LogP contribution in [0.1, 0.15) is 53.5 Å². The Labute approximate surface area is 238 Å². The number of carbonyl (C=O) groups excluding carboxylic acids is 3. The highest BCUT2D eigenvalue weighted by Gasteiger charge is 2.72. The van der Waals surface area contributed by atoms with E-state index in [4.69, 9.17) is 28.9 Å². The summed E-state index contributed by atoms with van der Waals surface area (Å²) in [4.78, 5) is 42.9. The molecule has 0 fully saturated rings. The molecular formula is C23H24Cl2F6N4O4S. The third-order valence-electron chi connectivity index (χ3n) is 5.82. The van der Waals surface area contributed by atoms with Crippen LogP contribution in [0.25, 0.3) is 10.4 Å². The molecule has 222 valence electrons. The van der Waals surface area contributed by atoms with Crippen LogP contribution < -0.4 is 11.1 Å². The maximum Gasteiger partial charge on any atom is 0.430 e. The number of thiazole rings is 1. The van der Waals surface area contributed by atoms with E-state index in [0.29, 0.717) is 17.4 Å². The number of alkyl halides is 6. The molecule has 1 aromatic carbocycles. The lowest BCUT2D eigenvalue weighted by Crippen LogP contribution is -2.54. The van der Waals surface area contributed by atoms with Gasteiger partial charge in [-0.1, -0.05) is 35.3 Å². The molecule has 0 bridgehead atoms. The molecule has 40 heavy (non-hydrogen) atoms. The fourth-order valence-corrected chi connectivity index (χ4v) is 5.16. The topological polar surface area (TPSA) is 126 Å². The summed E-state index contributed by atoms with van der Waals surface area (Å²) in [6, 6.07) is 0.977. The lowest BCUT2D eigenvalue weighted by atomic mass is 9.91. The minimum Gasteiger partial charge on any atom is -0.369 e. The number of halogens is 8. The van der Waals surface area contributed by atoms with Crippen LogP contribution in [0, 0.1) is 5.41 Å². The number of carbonyl (C=O) groups is 3. The number of hydrogen-bond acceptors (Lipinski definition) is 6. The van der Waals surface area contributed by atoms with Crippen molar-refractivity contribution in [1.82, 2.24) is 15.2 Å². The second-order valence-corrected chi connectivity index (χ2v) is 10.9. The average Bonchev–Trinajstić information content (AvgIpc) is 3.27. The van der Waals surface area contributed by atoms with Gasteiger partial charge >= 0.3 is 12.4 Å². The van der Waals surface area contributed by atoms with Crippen molar-refractivity contribution in [3.63, 3.8) is 0 Å². The molecule has 0 unspecified atom stereocenters. The highest BCUT2D eigenvalue weighted by atomic mass is 35.5. The van der Waals surface area contributed by atoms with Gasteiger partial charge in [-0.15, -0.1) is 11.3 Å². The van der Waals surface area contributed by atoms with Crippen LogP contribution in [0.2, 0.25) is 10.0 Å². The molecule has 0 aliphatic heterocycles. The van der Waals surface area contributed by atoms with Gasteiger partial charge in [0.25, 0.3) is 17.4 Å². The van der Waals surface area contributed by atoms with Crippen molar-refractivity contribution < 1.29 is 45.8 Å². The Balaban J connectivity index is 2.75. The van der Waals surface area contributed by atoms with Crippen LogP contribution in [0.3, 0.4) is 0 Å². The van der Waals surface area contributed by atoms with E-state index in [2.05, 4.69) is 10.3 Å². The second-order valence-electron chi connectivity index (χ2n) is 9.12.